The van der Waals surface area contributed by atoms with E-state index in [-0.39, 0.29) is 11.9 Å². The van der Waals surface area contributed by atoms with Gasteiger partial charge in [0, 0.05) is 50.2 Å². The van der Waals surface area contributed by atoms with Crippen molar-refractivity contribution in [3.63, 3.8) is 0 Å². The van der Waals surface area contributed by atoms with Gasteiger partial charge in [-0.3, -0.25) is 4.79 Å². The van der Waals surface area contributed by atoms with Gasteiger partial charge in [-0.2, -0.15) is 5.26 Å². The molecular weight excluding hydrogens is 352 g/mol. The summed E-state index contributed by atoms with van der Waals surface area (Å²) in [6.45, 7) is 3.35. The van der Waals surface area contributed by atoms with Crippen molar-refractivity contribution in [1.29, 1.82) is 5.26 Å². The van der Waals surface area contributed by atoms with Crippen LogP contribution in [0.5, 0.6) is 0 Å². The summed E-state index contributed by atoms with van der Waals surface area (Å²) in [5.74, 6) is 1.61. The number of carbonyl (C=O) groups is 1. The molecule has 2 aromatic rings. The first kappa shape index (κ1) is 18.2. The minimum absolute atomic E-state index is 0.0944. The standard InChI is InChI=1S/C21H24N6O/c22-15-17-4-3-8-24-20(17)26-12-6-18(7-13-26)25-19-14-16(5-9-23-19)21(28)27-10-1-2-11-27/h3-5,8-9,14,18H,1-2,6-7,10-13H2,(H,23,25). The average molecular weight is 376 g/mol. The first-order chi connectivity index (χ1) is 13.7. The number of rotatable bonds is 4. The van der Waals surface area contributed by atoms with Crippen LogP contribution in [0.1, 0.15) is 41.6 Å². The van der Waals surface area contributed by atoms with Crippen molar-refractivity contribution in [2.45, 2.75) is 31.7 Å². The quantitative estimate of drug-likeness (QED) is 0.883. The molecule has 144 valence electrons. The molecule has 7 nitrogen and oxygen atoms in total. The first-order valence-corrected chi connectivity index (χ1v) is 9.86. The zero-order chi connectivity index (χ0) is 19.3. The number of nitrogens with zero attached hydrogens (tertiary/aromatic N) is 5. The maximum Gasteiger partial charge on any atom is 0.254 e. The summed E-state index contributed by atoms with van der Waals surface area (Å²) >= 11 is 0. The number of piperidine rings is 1. The Bertz CT molecular complexity index is 878. The Morgan fingerprint density at radius 1 is 1.11 bits per heavy atom. The van der Waals surface area contributed by atoms with Gasteiger partial charge in [-0.15, -0.1) is 0 Å². The molecule has 0 aliphatic carbocycles. The molecule has 1 amide bonds. The van der Waals surface area contributed by atoms with Crippen molar-refractivity contribution in [2.75, 3.05) is 36.4 Å². The van der Waals surface area contributed by atoms with E-state index in [9.17, 15) is 10.1 Å². The molecule has 0 unspecified atom stereocenters. The highest BCUT2D eigenvalue weighted by Crippen LogP contribution is 2.23. The lowest BCUT2D eigenvalue weighted by molar-refractivity contribution is 0.0792. The maximum absolute atomic E-state index is 12.6. The summed E-state index contributed by atoms with van der Waals surface area (Å²) in [5.41, 5.74) is 1.31. The maximum atomic E-state index is 12.6. The van der Waals surface area contributed by atoms with Crippen LogP contribution in [0.15, 0.2) is 36.7 Å². The molecule has 4 rings (SSSR count). The minimum atomic E-state index is 0.0944. The Hall–Kier alpha value is -3.14. The fourth-order valence-corrected chi connectivity index (χ4v) is 3.93. The van der Waals surface area contributed by atoms with Gasteiger partial charge >= 0.3 is 0 Å². The number of hydrogen-bond donors (Lipinski definition) is 1. The third-order valence-corrected chi connectivity index (χ3v) is 5.45. The monoisotopic (exact) mass is 376 g/mol. The molecule has 0 bridgehead atoms. The minimum Gasteiger partial charge on any atom is -0.367 e. The molecule has 7 heteroatoms. The Kier molecular flexibility index (Phi) is 5.38. The summed E-state index contributed by atoms with van der Waals surface area (Å²) in [6, 6.07) is 9.75. The number of aromatic nitrogens is 2. The van der Waals surface area contributed by atoms with E-state index in [0.29, 0.717) is 11.1 Å². The normalized spacial score (nSPS) is 17.4. The molecule has 2 aliphatic rings. The van der Waals surface area contributed by atoms with Crippen LogP contribution in [0.3, 0.4) is 0 Å². The third-order valence-electron chi connectivity index (χ3n) is 5.45. The van der Waals surface area contributed by atoms with Gasteiger partial charge in [0.1, 0.15) is 17.7 Å². The van der Waals surface area contributed by atoms with E-state index in [1.165, 1.54) is 0 Å². The molecule has 2 saturated heterocycles. The lowest BCUT2D eigenvalue weighted by atomic mass is 10.0. The van der Waals surface area contributed by atoms with E-state index in [4.69, 9.17) is 0 Å². The van der Waals surface area contributed by atoms with Crippen LogP contribution in [0.2, 0.25) is 0 Å². The van der Waals surface area contributed by atoms with E-state index in [1.807, 2.05) is 11.0 Å². The van der Waals surface area contributed by atoms with E-state index >= 15 is 0 Å². The van der Waals surface area contributed by atoms with Crippen molar-refractivity contribution in [2.24, 2.45) is 0 Å². The largest absolute Gasteiger partial charge is 0.367 e. The molecule has 0 radical (unpaired) electrons. The number of nitrogens with one attached hydrogen (secondary N) is 1. The number of nitriles is 1. The lowest BCUT2D eigenvalue weighted by Gasteiger charge is -2.33. The summed E-state index contributed by atoms with van der Waals surface area (Å²) in [5, 5.41) is 12.8. The van der Waals surface area contributed by atoms with Crippen molar-refractivity contribution < 1.29 is 4.79 Å². The topological polar surface area (TPSA) is 85.2 Å². The number of pyridine rings is 2. The number of carbonyl (C=O) groups excluding carboxylic acids is 1. The highest BCUT2D eigenvalue weighted by atomic mass is 16.2. The SMILES string of the molecule is N#Cc1cccnc1N1CCC(Nc2cc(C(=O)N3CCCC3)ccn2)CC1. The van der Waals surface area contributed by atoms with Crippen LogP contribution in [0.25, 0.3) is 0 Å². The van der Waals surface area contributed by atoms with Gasteiger partial charge in [0.25, 0.3) is 5.91 Å². The highest BCUT2D eigenvalue weighted by molar-refractivity contribution is 5.95. The lowest BCUT2D eigenvalue weighted by Crippen LogP contribution is -2.40. The summed E-state index contributed by atoms with van der Waals surface area (Å²) < 4.78 is 0. The predicted octanol–water partition coefficient (Wildman–Crippen LogP) is 2.67. The van der Waals surface area contributed by atoms with Gasteiger partial charge < -0.3 is 15.1 Å². The Morgan fingerprint density at radius 2 is 1.89 bits per heavy atom. The molecular formula is C21H24N6O. The Morgan fingerprint density at radius 3 is 2.64 bits per heavy atom. The second-order valence-corrected chi connectivity index (χ2v) is 7.32. The van der Waals surface area contributed by atoms with Gasteiger partial charge in [0.15, 0.2) is 0 Å². The molecule has 1 N–H and O–H groups in total. The first-order valence-electron chi connectivity index (χ1n) is 9.86. The van der Waals surface area contributed by atoms with Crippen LogP contribution in [0, 0.1) is 11.3 Å². The molecule has 0 spiro atoms. The summed E-state index contributed by atoms with van der Waals surface area (Å²) in [6.07, 6.45) is 7.45. The van der Waals surface area contributed by atoms with Crippen molar-refractivity contribution >= 4 is 17.5 Å². The molecule has 0 aromatic carbocycles. The molecule has 28 heavy (non-hydrogen) atoms. The Labute approximate surface area is 165 Å². The molecule has 0 atom stereocenters. The second kappa shape index (κ2) is 8.26. The predicted molar refractivity (Wildman–Crippen MR) is 107 cm³/mol. The van der Waals surface area contributed by atoms with Crippen molar-refractivity contribution in [3.8, 4) is 6.07 Å². The van der Waals surface area contributed by atoms with Crippen LogP contribution in [-0.2, 0) is 0 Å². The van der Waals surface area contributed by atoms with Crippen LogP contribution >= 0.6 is 0 Å². The highest BCUT2D eigenvalue weighted by Gasteiger charge is 2.23. The number of amides is 1. The van der Waals surface area contributed by atoms with Crippen LogP contribution < -0.4 is 10.2 Å². The smallest absolute Gasteiger partial charge is 0.254 e. The van der Waals surface area contributed by atoms with Gasteiger partial charge in [-0.05, 0) is 49.9 Å². The molecule has 2 aromatic heterocycles. The molecule has 0 saturated carbocycles. The molecule has 4 heterocycles. The van der Waals surface area contributed by atoms with E-state index in [0.717, 1.165) is 63.5 Å². The number of likely N-dealkylation sites (tertiary alicyclic amines) is 1. The Balaban J connectivity index is 1.37. The van der Waals surface area contributed by atoms with E-state index in [2.05, 4.69) is 26.3 Å². The number of hydrogen-bond acceptors (Lipinski definition) is 6. The average Bonchev–Trinajstić information content (AvgIpc) is 3.29. The number of anilines is 2. The zero-order valence-corrected chi connectivity index (χ0v) is 15.8. The van der Waals surface area contributed by atoms with Crippen molar-refractivity contribution in [3.05, 3.63) is 47.8 Å². The second-order valence-electron chi connectivity index (χ2n) is 7.32. The van der Waals surface area contributed by atoms with Gasteiger partial charge in [0.05, 0.1) is 5.56 Å². The van der Waals surface area contributed by atoms with E-state index in [1.54, 1.807) is 30.6 Å². The van der Waals surface area contributed by atoms with Crippen molar-refractivity contribution in [1.82, 2.24) is 14.9 Å². The molecule has 2 aliphatic heterocycles. The molecule has 2 fully saturated rings. The fraction of sp³-hybridized carbons (Fsp3) is 0.429. The third kappa shape index (κ3) is 3.91. The van der Waals surface area contributed by atoms with Gasteiger partial charge in [0.2, 0.25) is 0 Å². The zero-order valence-electron chi connectivity index (χ0n) is 15.8. The fourth-order valence-electron chi connectivity index (χ4n) is 3.93. The van der Waals surface area contributed by atoms with E-state index < -0.39 is 0 Å². The van der Waals surface area contributed by atoms with Gasteiger partial charge in [-0.25, -0.2) is 9.97 Å². The van der Waals surface area contributed by atoms with Crippen LogP contribution in [0.4, 0.5) is 11.6 Å². The summed E-state index contributed by atoms with van der Waals surface area (Å²) in [4.78, 5) is 25.4. The van der Waals surface area contributed by atoms with Gasteiger partial charge in [-0.1, -0.05) is 0 Å². The summed E-state index contributed by atoms with van der Waals surface area (Å²) in [7, 11) is 0. The van der Waals surface area contributed by atoms with Crippen LogP contribution in [-0.4, -0.2) is 53.0 Å².